The fourth-order valence-electron chi connectivity index (χ4n) is 2.94. The average Bonchev–Trinajstić information content (AvgIpc) is 2.78. The first-order valence-corrected chi connectivity index (χ1v) is 10.9. The molecular weight excluding hydrogens is 390 g/mol. The van der Waals surface area contributed by atoms with Gasteiger partial charge in [0, 0.05) is 44.5 Å². The number of guanidine groups is 1. The largest absolute Gasteiger partial charge is 0.477 e. The lowest BCUT2D eigenvalue weighted by molar-refractivity contribution is 0.0827. The summed E-state index contributed by atoms with van der Waals surface area (Å²) in [5, 5.41) is 6.64. The second-order valence-corrected chi connectivity index (χ2v) is 7.44. The van der Waals surface area contributed by atoms with E-state index in [9.17, 15) is 4.79 Å². The fraction of sp³-hybridized carbons (Fsp3) is 0.458. The van der Waals surface area contributed by atoms with E-state index in [-0.39, 0.29) is 5.91 Å². The first-order chi connectivity index (χ1) is 15.0. The van der Waals surface area contributed by atoms with Crippen molar-refractivity contribution in [1.82, 2.24) is 20.5 Å². The van der Waals surface area contributed by atoms with E-state index >= 15 is 0 Å². The average molecular weight is 426 g/mol. The number of carbonyl (C=O) groups excluding carboxylic acids is 1. The number of aliphatic imine (C=N–C) groups is 1. The Kier molecular flexibility index (Phi) is 10.3. The summed E-state index contributed by atoms with van der Waals surface area (Å²) in [7, 11) is 3.52. The fourth-order valence-corrected chi connectivity index (χ4v) is 2.94. The molecule has 2 N–H and O–H groups in total. The number of carbonyl (C=O) groups is 1. The van der Waals surface area contributed by atoms with Gasteiger partial charge in [-0.05, 0) is 43.5 Å². The van der Waals surface area contributed by atoms with Gasteiger partial charge in [0.1, 0.15) is 0 Å². The molecule has 1 aromatic heterocycles. The summed E-state index contributed by atoms with van der Waals surface area (Å²) < 4.78 is 5.80. The molecule has 0 aliphatic heterocycles. The minimum absolute atomic E-state index is 0.0122. The van der Waals surface area contributed by atoms with Gasteiger partial charge in [-0.25, -0.2) is 9.98 Å². The normalized spacial score (nSPS) is 11.2. The van der Waals surface area contributed by atoms with Crippen molar-refractivity contribution in [2.45, 2.75) is 39.7 Å². The van der Waals surface area contributed by atoms with E-state index in [1.807, 2.05) is 43.3 Å². The number of ether oxygens (including phenoxy) is 1. The highest BCUT2D eigenvalue weighted by atomic mass is 16.5. The van der Waals surface area contributed by atoms with E-state index in [1.165, 1.54) is 0 Å². The van der Waals surface area contributed by atoms with Gasteiger partial charge in [0.15, 0.2) is 5.96 Å². The minimum atomic E-state index is 0.0122. The number of hydrogen-bond acceptors (Lipinski definition) is 4. The molecule has 0 spiro atoms. The van der Waals surface area contributed by atoms with Crippen LogP contribution in [-0.2, 0) is 13.0 Å². The molecule has 7 heteroatoms. The number of amides is 1. The summed E-state index contributed by atoms with van der Waals surface area (Å²) in [6.07, 6.45) is 4.62. The number of aromatic nitrogens is 1. The maximum Gasteiger partial charge on any atom is 0.253 e. The lowest BCUT2D eigenvalue weighted by Crippen LogP contribution is -2.38. The van der Waals surface area contributed by atoms with E-state index in [4.69, 9.17) is 4.74 Å². The monoisotopic (exact) mass is 425 g/mol. The Balaban J connectivity index is 1.96. The van der Waals surface area contributed by atoms with Crippen molar-refractivity contribution in [3.05, 3.63) is 59.3 Å². The molecule has 0 bridgehead atoms. The number of benzene rings is 1. The number of nitrogens with one attached hydrogen (secondary N) is 2. The van der Waals surface area contributed by atoms with E-state index in [2.05, 4.69) is 27.5 Å². The number of rotatable bonds is 11. The summed E-state index contributed by atoms with van der Waals surface area (Å²) in [4.78, 5) is 22.8. The quantitative estimate of drug-likeness (QED) is 0.328. The van der Waals surface area contributed by atoms with E-state index in [1.54, 1.807) is 25.2 Å². The predicted octanol–water partition coefficient (Wildman–Crippen LogP) is 3.26. The third-order valence-corrected chi connectivity index (χ3v) is 4.62. The van der Waals surface area contributed by atoms with Crippen molar-refractivity contribution < 1.29 is 9.53 Å². The first-order valence-electron chi connectivity index (χ1n) is 10.9. The Morgan fingerprint density at radius 1 is 1.16 bits per heavy atom. The Morgan fingerprint density at radius 3 is 2.74 bits per heavy atom. The van der Waals surface area contributed by atoms with Crippen molar-refractivity contribution in [2.24, 2.45) is 4.99 Å². The third-order valence-electron chi connectivity index (χ3n) is 4.62. The highest BCUT2D eigenvalue weighted by Gasteiger charge is 2.08. The smallest absolute Gasteiger partial charge is 0.253 e. The number of nitrogens with zero attached hydrogens (tertiary/aromatic N) is 3. The molecule has 0 saturated heterocycles. The molecule has 7 nitrogen and oxygen atoms in total. The van der Waals surface area contributed by atoms with Gasteiger partial charge in [-0.15, -0.1) is 0 Å². The Bertz CT molecular complexity index is 851. The number of hydrogen-bond donors (Lipinski definition) is 2. The SMILES string of the molecule is CCCCOc1ncccc1CN=C(NCC)NCCc1cccc(C(=O)N(C)C)c1. The summed E-state index contributed by atoms with van der Waals surface area (Å²) in [6.45, 7) is 6.80. The topological polar surface area (TPSA) is 78.9 Å². The summed E-state index contributed by atoms with van der Waals surface area (Å²) in [6, 6.07) is 11.7. The van der Waals surface area contributed by atoms with Crippen LogP contribution in [0.25, 0.3) is 0 Å². The lowest BCUT2D eigenvalue weighted by atomic mass is 10.1. The number of pyridine rings is 1. The zero-order chi connectivity index (χ0) is 22.5. The highest BCUT2D eigenvalue weighted by Crippen LogP contribution is 2.16. The van der Waals surface area contributed by atoms with Crippen LogP contribution in [0, 0.1) is 0 Å². The second-order valence-electron chi connectivity index (χ2n) is 7.44. The molecule has 0 fully saturated rings. The van der Waals surface area contributed by atoms with E-state index in [0.29, 0.717) is 31.1 Å². The molecule has 2 aromatic rings. The van der Waals surface area contributed by atoms with Crippen LogP contribution in [-0.4, -0.2) is 55.5 Å². The van der Waals surface area contributed by atoms with Crippen molar-refractivity contribution >= 4 is 11.9 Å². The van der Waals surface area contributed by atoms with Crippen LogP contribution < -0.4 is 15.4 Å². The molecule has 0 saturated carbocycles. The molecule has 0 unspecified atom stereocenters. The molecule has 1 aromatic carbocycles. The van der Waals surface area contributed by atoms with Crippen LogP contribution in [0.4, 0.5) is 0 Å². The molecular formula is C24H35N5O2. The molecule has 2 rings (SSSR count). The summed E-state index contributed by atoms with van der Waals surface area (Å²) in [5.74, 6) is 1.41. The van der Waals surface area contributed by atoms with Crippen molar-refractivity contribution in [2.75, 3.05) is 33.8 Å². The van der Waals surface area contributed by atoms with Crippen LogP contribution in [0.5, 0.6) is 5.88 Å². The Hall–Kier alpha value is -3.09. The van der Waals surface area contributed by atoms with Gasteiger partial charge in [-0.2, -0.15) is 0 Å². The molecule has 0 aliphatic carbocycles. The first kappa shape index (κ1) is 24.2. The Labute approximate surface area is 185 Å². The van der Waals surface area contributed by atoms with E-state index in [0.717, 1.165) is 42.9 Å². The van der Waals surface area contributed by atoms with Gasteiger partial charge in [-0.3, -0.25) is 4.79 Å². The van der Waals surface area contributed by atoms with Gasteiger partial charge in [-0.1, -0.05) is 31.5 Å². The Morgan fingerprint density at radius 2 is 2.00 bits per heavy atom. The zero-order valence-electron chi connectivity index (χ0n) is 19.1. The maximum atomic E-state index is 12.2. The van der Waals surface area contributed by atoms with Crippen LogP contribution in [0.2, 0.25) is 0 Å². The van der Waals surface area contributed by atoms with E-state index < -0.39 is 0 Å². The third kappa shape index (κ3) is 8.28. The van der Waals surface area contributed by atoms with Crippen LogP contribution in [0.3, 0.4) is 0 Å². The predicted molar refractivity (Wildman–Crippen MR) is 126 cm³/mol. The molecule has 31 heavy (non-hydrogen) atoms. The molecule has 1 amide bonds. The lowest BCUT2D eigenvalue weighted by Gasteiger charge is -2.13. The molecule has 0 aliphatic rings. The maximum absolute atomic E-state index is 12.2. The summed E-state index contributed by atoms with van der Waals surface area (Å²) in [5.41, 5.74) is 2.77. The van der Waals surface area contributed by atoms with Gasteiger partial charge in [0.2, 0.25) is 5.88 Å². The summed E-state index contributed by atoms with van der Waals surface area (Å²) >= 11 is 0. The van der Waals surface area contributed by atoms with Crippen molar-refractivity contribution in [1.29, 1.82) is 0 Å². The molecule has 0 radical (unpaired) electrons. The van der Waals surface area contributed by atoms with Gasteiger partial charge in [0.25, 0.3) is 5.91 Å². The molecule has 168 valence electrons. The van der Waals surface area contributed by atoms with Crippen LogP contribution >= 0.6 is 0 Å². The minimum Gasteiger partial charge on any atom is -0.477 e. The van der Waals surface area contributed by atoms with Gasteiger partial charge >= 0.3 is 0 Å². The highest BCUT2D eigenvalue weighted by molar-refractivity contribution is 5.94. The van der Waals surface area contributed by atoms with Crippen LogP contribution in [0.1, 0.15) is 48.2 Å². The van der Waals surface area contributed by atoms with Gasteiger partial charge in [0.05, 0.1) is 13.2 Å². The molecule has 1 heterocycles. The molecule has 0 atom stereocenters. The number of unbranched alkanes of at least 4 members (excludes halogenated alkanes) is 1. The van der Waals surface area contributed by atoms with Crippen molar-refractivity contribution in [3.63, 3.8) is 0 Å². The zero-order valence-corrected chi connectivity index (χ0v) is 19.1. The van der Waals surface area contributed by atoms with Gasteiger partial charge < -0.3 is 20.3 Å². The van der Waals surface area contributed by atoms with Crippen molar-refractivity contribution in [3.8, 4) is 5.88 Å². The second kappa shape index (κ2) is 13.3. The standard InChI is InChI=1S/C24H35N5O2/c1-5-7-16-31-22-21(12-9-14-26-22)18-28-24(25-6-2)27-15-13-19-10-8-11-20(17-19)23(30)29(3)4/h8-12,14,17H,5-7,13,15-16,18H2,1-4H3,(H2,25,27,28). The van der Waals surface area contributed by atoms with Crippen LogP contribution in [0.15, 0.2) is 47.6 Å².